The van der Waals surface area contributed by atoms with Crippen molar-refractivity contribution in [3.8, 4) is 22.4 Å². The van der Waals surface area contributed by atoms with Crippen LogP contribution in [-0.2, 0) is 6.18 Å². The molecule has 0 bridgehead atoms. The Hall–Kier alpha value is -3.55. The number of pyridine rings is 2. The van der Waals surface area contributed by atoms with Crippen LogP contribution >= 0.6 is 0 Å². The summed E-state index contributed by atoms with van der Waals surface area (Å²) in [5.41, 5.74) is 14.0. The highest BCUT2D eigenvalue weighted by molar-refractivity contribution is 5.70. The standard InChI is InChI=1S/C19H14F3N5/c20-19(21,22)15-7-13(8-26-18(15)24)12-3-6-17-25-9-16(27(17)10-12)11-1-4-14(23)5-2-11/h1-10H,23H2,(H2,24,26). The quantitative estimate of drug-likeness (QED) is 0.518. The number of hydrogen-bond donors (Lipinski definition) is 2. The normalized spacial score (nSPS) is 11.8. The number of nitrogens with zero attached hydrogens (tertiary/aromatic N) is 3. The Balaban J connectivity index is 1.85. The van der Waals surface area contributed by atoms with Gasteiger partial charge in [0.2, 0.25) is 0 Å². The van der Waals surface area contributed by atoms with Crippen LogP contribution in [0.4, 0.5) is 24.7 Å². The summed E-state index contributed by atoms with van der Waals surface area (Å²) < 4.78 is 41.2. The summed E-state index contributed by atoms with van der Waals surface area (Å²) in [4.78, 5) is 8.04. The van der Waals surface area contributed by atoms with E-state index < -0.39 is 17.6 Å². The lowest BCUT2D eigenvalue weighted by Gasteiger charge is -2.11. The van der Waals surface area contributed by atoms with E-state index in [1.54, 1.807) is 36.7 Å². The van der Waals surface area contributed by atoms with E-state index in [1.807, 2.05) is 16.5 Å². The fraction of sp³-hybridized carbons (Fsp3) is 0.0526. The highest BCUT2D eigenvalue weighted by Crippen LogP contribution is 2.35. The van der Waals surface area contributed by atoms with Crippen LogP contribution in [0.5, 0.6) is 0 Å². The molecule has 0 aliphatic carbocycles. The van der Waals surface area contributed by atoms with Crippen LogP contribution in [-0.4, -0.2) is 14.4 Å². The van der Waals surface area contributed by atoms with Crippen molar-refractivity contribution in [2.75, 3.05) is 11.5 Å². The summed E-state index contributed by atoms with van der Waals surface area (Å²) in [7, 11) is 0. The van der Waals surface area contributed by atoms with Crippen molar-refractivity contribution in [1.29, 1.82) is 0 Å². The third-order valence-electron chi connectivity index (χ3n) is 4.27. The average Bonchev–Trinajstić information content (AvgIpc) is 3.05. The van der Waals surface area contributed by atoms with Crippen molar-refractivity contribution >= 4 is 17.2 Å². The predicted molar refractivity (Wildman–Crippen MR) is 97.7 cm³/mol. The molecular weight excluding hydrogens is 355 g/mol. The minimum absolute atomic E-state index is 0.315. The van der Waals surface area contributed by atoms with Gasteiger partial charge in [0.05, 0.1) is 17.5 Å². The molecule has 0 saturated heterocycles. The lowest BCUT2D eigenvalue weighted by molar-refractivity contribution is -0.137. The maximum absolute atomic E-state index is 13.1. The molecule has 136 valence electrons. The van der Waals surface area contributed by atoms with Crippen LogP contribution in [0.3, 0.4) is 0 Å². The SMILES string of the molecule is Nc1ccc(-c2cnc3ccc(-c4cnc(N)c(C(F)(F)F)c4)cn23)cc1. The van der Waals surface area contributed by atoms with Gasteiger partial charge in [-0.3, -0.25) is 4.40 Å². The maximum atomic E-state index is 13.1. The largest absolute Gasteiger partial charge is 0.419 e. The smallest absolute Gasteiger partial charge is 0.399 e. The Kier molecular flexibility index (Phi) is 3.76. The van der Waals surface area contributed by atoms with Gasteiger partial charge in [-0.1, -0.05) is 12.1 Å². The molecule has 0 aliphatic rings. The Labute approximate surface area is 152 Å². The minimum Gasteiger partial charge on any atom is -0.399 e. The molecule has 0 radical (unpaired) electrons. The summed E-state index contributed by atoms with van der Waals surface area (Å²) in [5, 5.41) is 0. The molecule has 0 fully saturated rings. The molecule has 3 heterocycles. The van der Waals surface area contributed by atoms with E-state index >= 15 is 0 Å². The molecule has 1 aromatic carbocycles. The maximum Gasteiger partial charge on any atom is 0.419 e. The number of benzene rings is 1. The molecule has 0 amide bonds. The molecule has 4 rings (SSSR count). The van der Waals surface area contributed by atoms with Gasteiger partial charge in [-0.2, -0.15) is 13.2 Å². The predicted octanol–water partition coefficient (Wildman–Crippen LogP) is 4.25. The first kappa shape index (κ1) is 16.9. The zero-order valence-electron chi connectivity index (χ0n) is 13.9. The molecule has 0 atom stereocenters. The van der Waals surface area contributed by atoms with Crippen LogP contribution in [0.25, 0.3) is 28.0 Å². The van der Waals surface area contributed by atoms with Crippen LogP contribution < -0.4 is 11.5 Å². The number of aromatic nitrogens is 3. The molecular formula is C19H14F3N5. The van der Waals surface area contributed by atoms with E-state index in [0.29, 0.717) is 22.5 Å². The van der Waals surface area contributed by atoms with Gasteiger partial charge in [0.15, 0.2) is 0 Å². The van der Waals surface area contributed by atoms with Crippen LogP contribution in [0, 0.1) is 0 Å². The number of anilines is 2. The number of imidazole rings is 1. The molecule has 0 unspecified atom stereocenters. The van der Waals surface area contributed by atoms with E-state index in [9.17, 15) is 13.2 Å². The Morgan fingerprint density at radius 1 is 0.815 bits per heavy atom. The third kappa shape index (κ3) is 3.05. The van der Waals surface area contributed by atoms with Gasteiger partial charge in [0.1, 0.15) is 11.5 Å². The van der Waals surface area contributed by atoms with Crippen LogP contribution in [0.1, 0.15) is 5.56 Å². The highest BCUT2D eigenvalue weighted by atomic mass is 19.4. The monoisotopic (exact) mass is 369 g/mol. The van der Waals surface area contributed by atoms with E-state index in [2.05, 4.69) is 9.97 Å². The molecule has 4 N–H and O–H groups in total. The second-order valence-electron chi connectivity index (χ2n) is 6.07. The lowest BCUT2D eigenvalue weighted by atomic mass is 10.1. The first-order valence-corrected chi connectivity index (χ1v) is 7.99. The number of nitrogen functional groups attached to an aromatic ring is 2. The van der Waals surface area contributed by atoms with E-state index in [-0.39, 0.29) is 0 Å². The van der Waals surface area contributed by atoms with Gasteiger partial charge < -0.3 is 11.5 Å². The van der Waals surface area contributed by atoms with Crippen molar-refractivity contribution < 1.29 is 13.2 Å². The molecule has 8 heteroatoms. The van der Waals surface area contributed by atoms with Crippen molar-refractivity contribution in [3.05, 3.63) is 66.6 Å². The fourth-order valence-electron chi connectivity index (χ4n) is 2.88. The molecule has 0 aliphatic heterocycles. The van der Waals surface area contributed by atoms with Gasteiger partial charge in [0.25, 0.3) is 0 Å². The minimum atomic E-state index is -4.57. The van der Waals surface area contributed by atoms with Crippen LogP contribution in [0.15, 0.2) is 61.1 Å². The average molecular weight is 369 g/mol. The van der Waals surface area contributed by atoms with Crippen molar-refractivity contribution in [2.45, 2.75) is 6.18 Å². The molecule has 27 heavy (non-hydrogen) atoms. The van der Waals surface area contributed by atoms with Gasteiger partial charge in [-0.15, -0.1) is 0 Å². The molecule has 4 aromatic rings. The second-order valence-corrected chi connectivity index (χ2v) is 6.07. The van der Waals surface area contributed by atoms with Crippen LogP contribution in [0.2, 0.25) is 0 Å². The summed E-state index contributed by atoms with van der Waals surface area (Å²) in [6.45, 7) is 0. The zero-order chi connectivity index (χ0) is 19.2. The molecule has 5 nitrogen and oxygen atoms in total. The zero-order valence-corrected chi connectivity index (χ0v) is 13.9. The van der Waals surface area contributed by atoms with Gasteiger partial charge in [-0.05, 0) is 30.3 Å². The highest BCUT2D eigenvalue weighted by Gasteiger charge is 2.34. The van der Waals surface area contributed by atoms with Gasteiger partial charge >= 0.3 is 6.18 Å². The Morgan fingerprint density at radius 2 is 1.52 bits per heavy atom. The summed E-state index contributed by atoms with van der Waals surface area (Å²) in [6, 6.07) is 11.7. The van der Waals surface area contributed by atoms with Crippen molar-refractivity contribution in [2.24, 2.45) is 0 Å². The first-order chi connectivity index (χ1) is 12.8. The Bertz CT molecular complexity index is 1130. The Morgan fingerprint density at radius 3 is 2.22 bits per heavy atom. The van der Waals surface area contributed by atoms with Gasteiger partial charge in [-0.25, -0.2) is 9.97 Å². The fourth-order valence-corrected chi connectivity index (χ4v) is 2.88. The number of rotatable bonds is 2. The third-order valence-corrected chi connectivity index (χ3v) is 4.27. The van der Waals surface area contributed by atoms with Gasteiger partial charge in [0, 0.05) is 34.8 Å². The van der Waals surface area contributed by atoms with E-state index in [1.165, 1.54) is 6.20 Å². The summed E-state index contributed by atoms with van der Waals surface area (Å²) >= 11 is 0. The number of hydrogen-bond acceptors (Lipinski definition) is 4. The number of nitrogens with two attached hydrogens (primary N) is 2. The first-order valence-electron chi connectivity index (χ1n) is 7.99. The molecule has 0 saturated carbocycles. The van der Waals surface area contributed by atoms with Crippen molar-refractivity contribution in [3.63, 3.8) is 0 Å². The second kappa shape index (κ2) is 6.01. The number of fused-ring (bicyclic) bond motifs is 1. The summed E-state index contributed by atoms with van der Waals surface area (Å²) in [6.07, 6.45) is 0.182. The number of halogens is 3. The molecule has 3 aromatic heterocycles. The van der Waals surface area contributed by atoms with Crippen molar-refractivity contribution in [1.82, 2.24) is 14.4 Å². The number of alkyl halides is 3. The van der Waals surface area contributed by atoms with E-state index in [0.717, 1.165) is 17.3 Å². The topological polar surface area (TPSA) is 82.2 Å². The lowest BCUT2D eigenvalue weighted by Crippen LogP contribution is -2.10. The molecule has 0 spiro atoms. The van der Waals surface area contributed by atoms with E-state index in [4.69, 9.17) is 11.5 Å². The summed E-state index contributed by atoms with van der Waals surface area (Å²) in [5.74, 6) is -0.544.